The van der Waals surface area contributed by atoms with E-state index in [1.54, 1.807) is 23.1 Å². The quantitative estimate of drug-likeness (QED) is 0.338. The van der Waals surface area contributed by atoms with Crippen molar-refractivity contribution in [2.45, 2.75) is 25.7 Å². The Labute approximate surface area is 177 Å². The molecule has 0 atom stereocenters. The number of unbranched alkanes of at least 4 members (excludes halogenated alkanes) is 2. The highest BCUT2D eigenvalue weighted by molar-refractivity contribution is 8.26. The molecule has 1 N–H and O–H groups in total. The molecule has 0 spiro atoms. The summed E-state index contributed by atoms with van der Waals surface area (Å²) in [6, 6.07) is 11.0. The number of carboxylic acid groups (broad SMARTS) is 1. The van der Waals surface area contributed by atoms with Gasteiger partial charge in [0, 0.05) is 29.6 Å². The summed E-state index contributed by atoms with van der Waals surface area (Å²) in [6.45, 7) is 0.496. The first kappa shape index (κ1) is 20.6. The molecule has 2 aromatic rings. The zero-order valence-corrected chi connectivity index (χ0v) is 17.3. The average Bonchev–Trinajstić information content (AvgIpc) is 3.22. The Bertz CT molecular complexity index is 921. The molecule has 1 aromatic carbocycles. The van der Waals surface area contributed by atoms with E-state index in [-0.39, 0.29) is 12.3 Å². The fourth-order valence-corrected chi connectivity index (χ4v) is 4.16. The first-order valence-electron chi connectivity index (χ1n) is 8.77. The molecule has 0 unspecified atom stereocenters. The van der Waals surface area contributed by atoms with E-state index in [0.29, 0.717) is 45.2 Å². The molecule has 2 heterocycles. The van der Waals surface area contributed by atoms with Crippen molar-refractivity contribution in [1.29, 1.82) is 0 Å². The first-order chi connectivity index (χ1) is 13.4. The number of benzene rings is 1. The van der Waals surface area contributed by atoms with Gasteiger partial charge in [0.15, 0.2) is 0 Å². The third kappa shape index (κ3) is 5.25. The lowest BCUT2D eigenvalue weighted by molar-refractivity contribution is -0.137. The number of nitrogens with zero attached hydrogens (tertiary/aromatic N) is 1. The molecule has 1 fully saturated rings. The predicted molar refractivity (Wildman–Crippen MR) is 115 cm³/mol. The molecular formula is C20H18ClNO4S2. The van der Waals surface area contributed by atoms with Crippen LogP contribution >= 0.6 is 35.6 Å². The maximum Gasteiger partial charge on any atom is 0.303 e. The van der Waals surface area contributed by atoms with Crippen LogP contribution in [-0.2, 0) is 9.59 Å². The summed E-state index contributed by atoms with van der Waals surface area (Å²) in [4.78, 5) is 25.2. The van der Waals surface area contributed by atoms with E-state index >= 15 is 0 Å². The number of thiocarbonyl (C=S) groups is 1. The molecule has 28 heavy (non-hydrogen) atoms. The van der Waals surface area contributed by atoms with Gasteiger partial charge in [-0.3, -0.25) is 14.5 Å². The Morgan fingerprint density at radius 1 is 1.18 bits per heavy atom. The number of carbonyl (C=O) groups excluding carboxylic acids is 1. The Kier molecular flexibility index (Phi) is 6.93. The van der Waals surface area contributed by atoms with Crippen molar-refractivity contribution < 1.29 is 19.1 Å². The number of halogens is 1. The zero-order chi connectivity index (χ0) is 20.1. The summed E-state index contributed by atoms with van der Waals surface area (Å²) >= 11 is 12.5. The lowest BCUT2D eigenvalue weighted by Crippen LogP contribution is -2.29. The molecule has 1 saturated heterocycles. The molecule has 0 aliphatic carbocycles. The molecule has 1 aliphatic rings. The molecule has 1 aliphatic heterocycles. The lowest BCUT2D eigenvalue weighted by Gasteiger charge is -2.13. The zero-order valence-electron chi connectivity index (χ0n) is 14.9. The third-order valence-electron chi connectivity index (χ3n) is 4.17. The second-order valence-corrected chi connectivity index (χ2v) is 8.36. The first-order valence-corrected chi connectivity index (χ1v) is 10.4. The Balaban J connectivity index is 1.62. The van der Waals surface area contributed by atoms with E-state index in [9.17, 15) is 9.59 Å². The number of rotatable bonds is 8. The van der Waals surface area contributed by atoms with Gasteiger partial charge in [-0.25, -0.2) is 0 Å². The fourth-order valence-electron chi connectivity index (χ4n) is 2.74. The summed E-state index contributed by atoms with van der Waals surface area (Å²) in [7, 11) is 0. The highest BCUT2D eigenvalue weighted by atomic mass is 35.5. The van der Waals surface area contributed by atoms with Crippen LogP contribution in [0.25, 0.3) is 17.4 Å². The molecule has 1 aromatic heterocycles. The Morgan fingerprint density at radius 2 is 1.93 bits per heavy atom. The van der Waals surface area contributed by atoms with Crippen LogP contribution in [-0.4, -0.2) is 32.7 Å². The SMILES string of the molecule is O=C(O)CCCCCN1C(=O)C(=Cc2ccc(-c3ccc(Cl)cc3)o2)SC1=S. The van der Waals surface area contributed by atoms with Gasteiger partial charge in [-0.05, 0) is 49.2 Å². The van der Waals surface area contributed by atoms with Crippen molar-refractivity contribution in [3.05, 3.63) is 52.1 Å². The standard InChI is InChI=1S/C20H18ClNO4S2/c21-14-7-5-13(6-8-14)16-10-9-15(26-16)12-17-19(25)22(20(27)28-17)11-3-1-2-4-18(23)24/h5-10,12H,1-4,11H2,(H,23,24). The minimum atomic E-state index is -0.801. The highest BCUT2D eigenvalue weighted by Gasteiger charge is 2.31. The Morgan fingerprint density at radius 3 is 2.64 bits per heavy atom. The minimum Gasteiger partial charge on any atom is -0.481 e. The van der Waals surface area contributed by atoms with Crippen molar-refractivity contribution in [2.75, 3.05) is 6.54 Å². The van der Waals surface area contributed by atoms with Gasteiger partial charge in [0.2, 0.25) is 0 Å². The van der Waals surface area contributed by atoms with E-state index < -0.39 is 5.97 Å². The lowest BCUT2D eigenvalue weighted by atomic mass is 10.2. The number of amides is 1. The van der Waals surface area contributed by atoms with E-state index in [0.717, 1.165) is 12.0 Å². The van der Waals surface area contributed by atoms with E-state index in [1.165, 1.54) is 11.8 Å². The Hall–Kier alpha value is -2.09. The molecule has 1 amide bonds. The van der Waals surface area contributed by atoms with Crippen molar-refractivity contribution in [1.82, 2.24) is 4.90 Å². The number of hydrogen-bond acceptors (Lipinski definition) is 5. The van der Waals surface area contributed by atoms with Crippen LogP contribution in [0.2, 0.25) is 5.02 Å². The van der Waals surface area contributed by atoms with Gasteiger partial charge in [-0.2, -0.15) is 0 Å². The molecule has 0 bridgehead atoms. The van der Waals surface area contributed by atoms with Crippen molar-refractivity contribution in [2.24, 2.45) is 0 Å². The van der Waals surface area contributed by atoms with E-state index in [2.05, 4.69) is 0 Å². The van der Waals surface area contributed by atoms with Crippen LogP contribution in [0.3, 0.4) is 0 Å². The van der Waals surface area contributed by atoms with Crippen molar-refractivity contribution >= 4 is 57.9 Å². The largest absolute Gasteiger partial charge is 0.481 e. The molecule has 0 radical (unpaired) electrons. The summed E-state index contributed by atoms with van der Waals surface area (Å²) in [5, 5.41) is 9.31. The van der Waals surface area contributed by atoms with Crippen LogP contribution in [0.4, 0.5) is 0 Å². The molecule has 0 saturated carbocycles. The van der Waals surface area contributed by atoms with Gasteiger partial charge in [-0.15, -0.1) is 0 Å². The monoisotopic (exact) mass is 435 g/mol. The molecule has 5 nitrogen and oxygen atoms in total. The summed E-state index contributed by atoms with van der Waals surface area (Å²) in [6.07, 6.45) is 3.90. The predicted octanol–water partition coefficient (Wildman–Crippen LogP) is 5.45. The fraction of sp³-hybridized carbons (Fsp3) is 0.250. The minimum absolute atomic E-state index is 0.141. The van der Waals surface area contributed by atoms with E-state index in [1.807, 2.05) is 24.3 Å². The van der Waals surface area contributed by atoms with Crippen LogP contribution in [0.1, 0.15) is 31.4 Å². The van der Waals surface area contributed by atoms with Gasteiger partial charge in [0.1, 0.15) is 15.8 Å². The molecule has 3 rings (SSSR count). The number of carboxylic acids is 1. The molecule has 8 heteroatoms. The number of aliphatic carboxylic acids is 1. The van der Waals surface area contributed by atoms with Gasteiger partial charge >= 0.3 is 5.97 Å². The van der Waals surface area contributed by atoms with Crippen molar-refractivity contribution in [3.63, 3.8) is 0 Å². The second-order valence-electron chi connectivity index (χ2n) is 6.25. The third-order valence-corrected chi connectivity index (χ3v) is 5.80. The molecular weight excluding hydrogens is 418 g/mol. The van der Waals surface area contributed by atoms with Gasteiger partial charge < -0.3 is 9.52 Å². The number of carbonyl (C=O) groups is 2. The number of furan rings is 1. The van der Waals surface area contributed by atoms with Crippen molar-refractivity contribution in [3.8, 4) is 11.3 Å². The summed E-state index contributed by atoms with van der Waals surface area (Å²) in [5.41, 5.74) is 0.901. The normalized spacial score (nSPS) is 15.6. The van der Waals surface area contributed by atoms with Crippen LogP contribution in [0, 0.1) is 0 Å². The maximum atomic E-state index is 12.6. The number of thioether (sulfide) groups is 1. The maximum absolute atomic E-state index is 12.6. The highest BCUT2D eigenvalue weighted by Crippen LogP contribution is 2.34. The average molecular weight is 436 g/mol. The topological polar surface area (TPSA) is 70.8 Å². The summed E-state index contributed by atoms with van der Waals surface area (Å²) < 4.78 is 6.34. The van der Waals surface area contributed by atoms with Crippen LogP contribution in [0.5, 0.6) is 0 Å². The summed E-state index contributed by atoms with van der Waals surface area (Å²) in [5.74, 6) is 0.325. The number of hydrogen-bond donors (Lipinski definition) is 1. The van der Waals surface area contributed by atoms with Gasteiger partial charge in [0.05, 0.1) is 4.91 Å². The molecule has 146 valence electrons. The van der Waals surface area contributed by atoms with Gasteiger partial charge in [0.25, 0.3) is 5.91 Å². The second kappa shape index (κ2) is 9.41. The van der Waals surface area contributed by atoms with E-state index in [4.69, 9.17) is 33.3 Å². The van der Waals surface area contributed by atoms with Crippen LogP contribution in [0.15, 0.2) is 45.7 Å². The smallest absolute Gasteiger partial charge is 0.303 e. The van der Waals surface area contributed by atoms with Gasteiger partial charge in [-0.1, -0.05) is 42.0 Å². The van der Waals surface area contributed by atoms with Crippen LogP contribution < -0.4 is 0 Å².